The molecule has 3 heteroatoms. The average molecular weight is 212 g/mol. The molecule has 1 aliphatic rings. The fourth-order valence-electron chi connectivity index (χ4n) is 2.09. The van der Waals surface area contributed by atoms with Crippen LogP contribution in [0, 0.1) is 0 Å². The third-order valence-corrected chi connectivity index (χ3v) is 2.81. The quantitative estimate of drug-likeness (QED) is 0.601. The Bertz CT molecular complexity index is 615. The van der Waals surface area contributed by atoms with Gasteiger partial charge in [-0.3, -0.25) is 4.79 Å². The monoisotopic (exact) mass is 212 g/mol. The van der Waals surface area contributed by atoms with E-state index in [1.54, 1.807) is 24.3 Å². The highest BCUT2D eigenvalue weighted by Crippen LogP contribution is 2.41. The van der Waals surface area contributed by atoms with Crippen LogP contribution in [0.15, 0.2) is 36.4 Å². The number of phenolic OH excluding ortho intramolecular Hbond substituents is 2. The van der Waals surface area contributed by atoms with Gasteiger partial charge < -0.3 is 10.2 Å². The predicted molar refractivity (Wildman–Crippen MR) is 58.6 cm³/mol. The Morgan fingerprint density at radius 2 is 1.69 bits per heavy atom. The van der Waals surface area contributed by atoms with Crippen molar-refractivity contribution in [2.45, 2.75) is 0 Å². The molecule has 0 unspecified atom stereocenters. The Morgan fingerprint density at radius 3 is 2.50 bits per heavy atom. The zero-order chi connectivity index (χ0) is 11.3. The molecule has 16 heavy (non-hydrogen) atoms. The van der Waals surface area contributed by atoms with Crippen LogP contribution in [-0.2, 0) is 0 Å². The van der Waals surface area contributed by atoms with Gasteiger partial charge in [0.1, 0.15) is 11.5 Å². The molecule has 0 fully saturated rings. The summed E-state index contributed by atoms with van der Waals surface area (Å²) in [6.45, 7) is 0. The van der Waals surface area contributed by atoms with E-state index >= 15 is 0 Å². The van der Waals surface area contributed by atoms with Crippen molar-refractivity contribution in [2.75, 3.05) is 0 Å². The van der Waals surface area contributed by atoms with Gasteiger partial charge in [0, 0.05) is 5.56 Å². The molecular formula is C13H8O3. The van der Waals surface area contributed by atoms with Crippen LogP contribution in [0.3, 0.4) is 0 Å². The molecule has 0 bridgehead atoms. The fourth-order valence-corrected chi connectivity index (χ4v) is 2.09. The molecule has 2 aromatic carbocycles. The molecule has 2 aromatic rings. The number of fused-ring (bicyclic) bond motifs is 3. The molecule has 0 atom stereocenters. The first-order valence-electron chi connectivity index (χ1n) is 4.88. The van der Waals surface area contributed by atoms with E-state index in [2.05, 4.69) is 0 Å². The van der Waals surface area contributed by atoms with Crippen molar-refractivity contribution in [3.05, 3.63) is 47.5 Å². The number of carbonyl (C=O) groups excluding carboxylic acids is 1. The minimum atomic E-state index is -0.192. The number of hydrogen-bond acceptors (Lipinski definition) is 3. The van der Waals surface area contributed by atoms with Crippen LogP contribution in [0.25, 0.3) is 11.1 Å². The maximum absolute atomic E-state index is 12.0. The van der Waals surface area contributed by atoms with Crippen LogP contribution < -0.4 is 0 Å². The summed E-state index contributed by atoms with van der Waals surface area (Å²) in [7, 11) is 0. The van der Waals surface area contributed by atoms with Gasteiger partial charge in [-0.2, -0.15) is 0 Å². The number of hydrogen-bond donors (Lipinski definition) is 2. The Hall–Kier alpha value is -2.29. The smallest absolute Gasteiger partial charge is 0.198 e. The standard InChI is InChI=1S/C13H8O3/c14-7-4-5-9-10(6-7)8-2-1-3-11(15)12(8)13(9)16/h1-6,14-15H. The van der Waals surface area contributed by atoms with Crippen LogP contribution in [0.2, 0.25) is 0 Å². The molecular weight excluding hydrogens is 204 g/mol. The molecule has 3 nitrogen and oxygen atoms in total. The lowest BCUT2D eigenvalue weighted by atomic mass is 10.1. The zero-order valence-electron chi connectivity index (χ0n) is 8.27. The van der Waals surface area contributed by atoms with E-state index < -0.39 is 0 Å². The summed E-state index contributed by atoms with van der Waals surface area (Å²) < 4.78 is 0. The highest BCUT2D eigenvalue weighted by atomic mass is 16.3. The SMILES string of the molecule is O=C1c2ccc(O)cc2-c2cccc(O)c21. The molecule has 0 aliphatic heterocycles. The van der Waals surface area contributed by atoms with Gasteiger partial charge in [0.25, 0.3) is 0 Å². The number of benzene rings is 2. The minimum absolute atomic E-state index is 0.0156. The van der Waals surface area contributed by atoms with Crippen molar-refractivity contribution < 1.29 is 15.0 Å². The molecule has 1 aliphatic carbocycles. The van der Waals surface area contributed by atoms with Crippen molar-refractivity contribution in [3.8, 4) is 22.6 Å². The maximum atomic E-state index is 12.0. The first-order valence-corrected chi connectivity index (χ1v) is 4.88. The molecule has 2 N–H and O–H groups in total. The molecule has 3 rings (SSSR count). The van der Waals surface area contributed by atoms with Gasteiger partial charge in [0.05, 0.1) is 5.56 Å². The Morgan fingerprint density at radius 1 is 0.875 bits per heavy atom. The highest BCUT2D eigenvalue weighted by molar-refractivity contribution is 6.23. The van der Waals surface area contributed by atoms with Crippen LogP contribution in [0.4, 0.5) is 0 Å². The van der Waals surface area contributed by atoms with Gasteiger partial charge in [0.15, 0.2) is 5.78 Å². The van der Waals surface area contributed by atoms with E-state index in [9.17, 15) is 15.0 Å². The van der Waals surface area contributed by atoms with E-state index in [1.807, 2.05) is 0 Å². The van der Waals surface area contributed by atoms with Gasteiger partial charge >= 0.3 is 0 Å². The van der Waals surface area contributed by atoms with E-state index in [0.29, 0.717) is 22.3 Å². The zero-order valence-corrected chi connectivity index (χ0v) is 8.27. The molecule has 0 spiro atoms. The van der Waals surface area contributed by atoms with Crippen molar-refractivity contribution in [1.29, 1.82) is 0 Å². The second-order valence-corrected chi connectivity index (χ2v) is 3.76. The second kappa shape index (κ2) is 2.85. The third kappa shape index (κ3) is 0.997. The van der Waals surface area contributed by atoms with Crippen LogP contribution in [0.1, 0.15) is 15.9 Å². The topological polar surface area (TPSA) is 57.5 Å². The van der Waals surface area contributed by atoms with Crippen molar-refractivity contribution >= 4 is 5.78 Å². The third-order valence-electron chi connectivity index (χ3n) is 2.81. The summed E-state index contributed by atoms with van der Waals surface area (Å²) in [5.41, 5.74) is 2.20. The first-order chi connectivity index (χ1) is 7.68. The lowest BCUT2D eigenvalue weighted by Crippen LogP contribution is -1.94. The largest absolute Gasteiger partial charge is 0.508 e. The lowest BCUT2D eigenvalue weighted by molar-refractivity contribution is 0.104. The van der Waals surface area contributed by atoms with Crippen LogP contribution in [0.5, 0.6) is 11.5 Å². The van der Waals surface area contributed by atoms with E-state index in [0.717, 1.165) is 0 Å². The number of rotatable bonds is 0. The first kappa shape index (κ1) is 8.97. The van der Waals surface area contributed by atoms with Gasteiger partial charge in [-0.1, -0.05) is 12.1 Å². The number of phenols is 2. The Labute approximate surface area is 91.6 Å². The summed E-state index contributed by atoms with van der Waals surface area (Å²) in [6.07, 6.45) is 0. The highest BCUT2D eigenvalue weighted by Gasteiger charge is 2.29. The number of ketones is 1. The van der Waals surface area contributed by atoms with E-state index in [4.69, 9.17) is 0 Å². The molecule has 0 heterocycles. The van der Waals surface area contributed by atoms with Crippen LogP contribution in [-0.4, -0.2) is 16.0 Å². The normalized spacial score (nSPS) is 12.4. The molecule has 78 valence electrons. The average Bonchev–Trinajstić information content (AvgIpc) is 2.54. The molecule has 0 saturated heterocycles. The van der Waals surface area contributed by atoms with E-state index in [1.165, 1.54) is 12.1 Å². The molecule has 0 radical (unpaired) electrons. The van der Waals surface area contributed by atoms with E-state index in [-0.39, 0.29) is 17.3 Å². The number of aromatic hydroxyl groups is 2. The van der Waals surface area contributed by atoms with Gasteiger partial charge in [-0.25, -0.2) is 0 Å². The van der Waals surface area contributed by atoms with Gasteiger partial charge in [-0.05, 0) is 35.4 Å². The summed E-state index contributed by atoms with van der Waals surface area (Å²) in [5, 5.41) is 19.1. The van der Waals surface area contributed by atoms with Gasteiger partial charge in [0.2, 0.25) is 0 Å². The van der Waals surface area contributed by atoms with Crippen molar-refractivity contribution in [1.82, 2.24) is 0 Å². The van der Waals surface area contributed by atoms with Gasteiger partial charge in [-0.15, -0.1) is 0 Å². The number of carbonyl (C=O) groups is 1. The molecule has 0 saturated carbocycles. The fraction of sp³-hybridized carbons (Fsp3) is 0. The maximum Gasteiger partial charge on any atom is 0.198 e. The second-order valence-electron chi connectivity index (χ2n) is 3.76. The minimum Gasteiger partial charge on any atom is -0.508 e. The Kier molecular flexibility index (Phi) is 1.60. The van der Waals surface area contributed by atoms with Crippen LogP contribution >= 0.6 is 0 Å². The Balaban J connectivity index is 2.40. The summed E-state index contributed by atoms with van der Waals surface area (Å²) in [4.78, 5) is 12.0. The molecule has 0 aromatic heterocycles. The lowest BCUT2D eigenvalue weighted by Gasteiger charge is -2.00. The van der Waals surface area contributed by atoms with Crippen molar-refractivity contribution in [2.24, 2.45) is 0 Å². The predicted octanol–water partition coefficient (Wildman–Crippen LogP) is 2.31. The summed E-state index contributed by atoms with van der Waals surface area (Å²) >= 11 is 0. The van der Waals surface area contributed by atoms with Crippen molar-refractivity contribution in [3.63, 3.8) is 0 Å². The molecule has 0 amide bonds. The summed E-state index contributed by atoms with van der Waals surface area (Å²) in [6, 6.07) is 9.52. The summed E-state index contributed by atoms with van der Waals surface area (Å²) in [5.74, 6) is -0.0935.